The molecule has 1 aromatic carbocycles. The largest absolute Gasteiger partial charge is 0.411 e. The van der Waals surface area contributed by atoms with Crippen LogP contribution >= 0.6 is 0 Å². The van der Waals surface area contributed by atoms with Gasteiger partial charge in [0.25, 0.3) is 0 Å². The summed E-state index contributed by atoms with van der Waals surface area (Å²) in [6.45, 7) is 4.08. The van der Waals surface area contributed by atoms with E-state index in [2.05, 4.69) is 18.1 Å². The Balaban J connectivity index is 1.41. The maximum absolute atomic E-state index is 14.4. The number of amides is 1. The fraction of sp³-hybridized carbons (Fsp3) is 0.680. The van der Waals surface area contributed by atoms with Crippen molar-refractivity contribution in [1.82, 2.24) is 4.90 Å². The number of benzene rings is 1. The Kier molecular flexibility index (Phi) is 5.11. The fourth-order valence-electron chi connectivity index (χ4n) is 7.51. The van der Waals surface area contributed by atoms with E-state index in [9.17, 15) is 14.4 Å². The number of nitrogens with zero attached hydrogens (tertiary/aromatic N) is 2. The molecule has 4 aliphatic rings. The molecule has 2 saturated carbocycles. The van der Waals surface area contributed by atoms with Crippen LogP contribution in [0.2, 0.25) is 0 Å². The van der Waals surface area contributed by atoms with Crippen LogP contribution in [0.3, 0.4) is 0 Å². The van der Waals surface area contributed by atoms with Crippen LogP contribution in [0.1, 0.15) is 75.3 Å². The minimum atomic E-state index is -0.0951. The number of fused-ring (bicyclic) bond motifs is 5. The maximum atomic E-state index is 14.4. The predicted molar refractivity (Wildman–Crippen MR) is 114 cm³/mol. The molecule has 1 amide bonds. The van der Waals surface area contributed by atoms with E-state index in [0.717, 1.165) is 75.7 Å². The first kappa shape index (κ1) is 20.0. The van der Waals surface area contributed by atoms with Gasteiger partial charge in [-0.25, -0.2) is 4.39 Å². The lowest BCUT2D eigenvalue weighted by Gasteiger charge is -2.50. The van der Waals surface area contributed by atoms with Crippen molar-refractivity contribution in [1.29, 1.82) is 0 Å². The van der Waals surface area contributed by atoms with E-state index in [1.165, 1.54) is 5.56 Å². The van der Waals surface area contributed by atoms with Gasteiger partial charge in [-0.05, 0) is 92.2 Å². The van der Waals surface area contributed by atoms with Gasteiger partial charge in [0.1, 0.15) is 5.82 Å². The second-order valence-electron chi connectivity index (χ2n) is 10.2. The van der Waals surface area contributed by atoms with E-state index >= 15 is 0 Å². The molecule has 5 atom stereocenters. The zero-order chi connectivity index (χ0) is 20.9. The van der Waals surface area contributed by atoms with Gasteiger partial charge in [-0.1, -0.05) is 24.2 Å². The molecule has 0 radical (unpaired) electrons. The van der Waals surface area contributed by atoms with Crippen molar-refractivity contribution < 1.29 is 14.4 Å². The summed E-state index contributed by atoms with van der Waals surface area (Å²) >= 11 is 0. The lowest BCUT2D eigenvalue weighted by atomic mass is 9.54. The van der Waals surface area contributed by atoms with Crippen LogP contribution in [0, 0.1) is 29.0 Å². The Bertz CT molecular complexity index is 863. The molecule has 0 spiro atoms. The third kappa shape index (κ3) is 3.07. The molecule has 162 valence electrons. The number of carbonyl (C=O) groups excluding carboxylic acids is 1. The van der Waals surface area contributed by atoms with Crippen molar-refractivity contribution in [2.24, 2.45) is 28.3 Å². The number of likely N-dealkylation sites (tertiary alicyclic amines) is 1. The van der Waals surface area contributed by atoms with Crippen LogP contribution in [0.15, 0.2) is 23.4 Å². The molecular weight excluding hydrogens is 379 g/mol. The predicted octanol–water partition coefficient (Wildman–Crippen LogP) is 5.14. The van der Waals surface area contributed by atoms with Crippen LogP contribution in [0.4, 0.5) is 4.39 Å². The van der Waals surface area contributed by atoms with Gasteiger partial charge < -0.3 is 10.1 Å². The third-order valence-electron chi connectivity index (χ3n) is 8.90. The summed E-state index contributed by atoms with van der Waals surface area (Å²) in [5, 5.41) is 13.5. The zero-order valence-electron chi connectivity index (χ0n) is 17.9. The minimum Gasteiger partial charge on any atom is -0.411 e. The molecule has 3 fully saturated rings. The third-order valence-corrected chi connectivity index (χ3v) is 8.90. The van der Waals surface area contributed by atoms with Crippen molar-refractivity contribution in [3.8, 4) is 0 Å². The second kappa shape index (κ2) is 7.65. The Hall–Kier alpha value is -1.91. The molecule has 1 heterocycles. The van der Waals surface area contributed by atoms with Crippen LogP contribution in [-0.4, -0.2) is 34.8 Å². The number of hydrogen-bond acceptors (Lipinski definition) is 3. The number of rotatable bonds is 3. The summed E-state index contributed by atoms with van der Waals surface area (Å²) in [4.78, 5) is 14.7. The molecule has 1 aliphatic heterocycles. The molecule has 1 saturated heterocycles. The second-order valence-corrected chi connectivity index (χ2v) is 10.2. The van der Waals surface area contributed by atoms with E-state index in [-0.39, 0.29) is 17.1 Å². The van der Waals surface area contributed by atoms with Gasteiger partial charge >= 0.3 is 0 Å². The lowest BCUT2D eigenvalue weighted by Crippen LogP contribution is -2.44. The zero-order valence-corrected chi connectivity index (χ0v) is 17.9. The van der Waals surface area contributed by atoms with Crippen LogP contribution in [0.25, 0.3) is 0 Å². The van der Waals surface area contributed by atoms with Gasteiger partial charge in [-0.2, -0.15) is 0 Å². The van der Waals surface area contributed by atoms with E-state index in [0.29, 0.717) is 30.1 Å². The van der Waals surface area contributed by atoms with Gasteiger partial charge in [0.15, 0.2) is 0 Å². The molecule has 3 aliphatic carbocycles. The number of oxime groups is 1. The van der Waals surface area contributed by atoms with Crippen molar-refractivity contribution in [2.45, 2.75) is 70.6 Å². The first-order chi connectivity index (χ1) is 14.5. The first-order valence-electron chi connectivity index (χ1n) is 11.8. The lowest BCUT2D eigenvalue weighted by molar-refractivity contribution is -0.130. The SMILES string of the molecule is C[C@]12CCC3c4cccc(F)c4CCC3C1C(CCC(=O)N1CCCC1)C/C2=N\O. The molecule has 5 heteroatoms. The molecule has 30 heavy (non-hydrogen) atoms. The quantitative estimate of drug-likeness (QED) is 0.552. The molecule has 4 unspecified atom stereocenters. The molecule has 1 N–H and O–H groups in total. The minimum absolute atomic E-state index is 0.0592. The molecule has 5 rings (SSSR count). The fourth-order valence-corrected chi connectivity index (χ4v) is 7.51. The Morgan fingerprint density at radius 2 is 2.10 bits per heavy atom. The summed E-state index contributed by atoms with van der Waals surface area (Å²) in [6.07, 6.45) is 8.29. The van der Waals surface area contributed by atoms with Crippen LogP contribution < -0.4 is 0 Å². The standard InChI is InChI=1S/C25H33FN2O2/c1-25-12-11-18-17-5-4-6-21(26)19(17)8-9-20(18)24(25)16(15-22(25)27-30)7-10-23(29)28-13-2-3-14-28/h4-6,16,18,20,24,30H,2-3,7-15H2,1H3/b27-22+/t16?,18?,20?,24?,25-/m1/s1. The topological polar surface area (TPSA) is 52.9 Å². The molecule has 4 nitrogen and oxygen atoms in total. The van der Waals surface area contributed by atoms with E-state index in [1.807, 2.05) is 11.0 Å². The van der Waals surface area contributed by atoms with Gasteiger partial charge in [0, 0.05) is 24.9 Å². The summed E-state index contributed by atoms with van der Waals surface area (Å²) < 4.78 is 14.4. The van der Waals surface area contributed by atoms with Gasteiger partial charge in [-0.3, -0.25) is 4.79 Å². The number of carbonyl (C=O) groups is 1. The summed E-state index contributed by atoms with van der Waals surface area (Å²) in [7, 11) is 0. The molecule has 0 bridgehead atoms. The van der Waals surface area contributed by atoms with Gasteiger partial charge in [-0.15, -0.1) is 0 Å². The average Bonchev–Trinajstić information content (AvgIpc) is 3.38. The average molecular weight is 413 g/mol. The van der Waals surface area contributed by atoms with Crippen LogP contribution in [0.5, 0.6) is 0 Å². The van der Waals surface area contributed by atoms with E-state index in [1.54, 1.807) is 6.07 Å². The van der Waals surface area contributed by atoms with Crippen molar-refractivity contribution >= 4 is 11.6 Å². The first-order valence-corrected chi connectivity index (χ1v) is 11.8. The summed E-state index contributed by atoms with van der Waals surface area (Å²) in [5.74, 6) is 1.87. The van der Waals surface area contributed by atoms with Crippen LogP contribution in [-0.2, 0) is 11.2 Å². The van der Waals surface area contributed by atoms with Gasteiger partial charge in [0.2, 0.25) is 5.91 Å². The molecular formula is C25H33FN2O2. The van der Waals surface area contributed by atoms with Gasteiger partial charge in [0.05, 0.1) is 5.71 Å². The number of hydrogen-bond donors (Lipinski definition) is 1. The highest BCUT2D eigenvalue weighted by molar-refractivity contribution is 5.92. The maximum Gasteiger partial charge on any atom is 0.222 e. The Morgan fingerprint density at radius 3 is 2.87 bits per heavy atom. The summed E-state index contributed by atoms with van der Waals surface area (Å²) in [5.41, 5.74) is 2.95. The summed E-state index contributed by atoms with van der Waals surface area (Å²) in [6, 6.07) is 5.57. The Labute approximate surface area is 178 Å². The highest BCUT2D eigenvalue weighted by atomic mass is 19.1. The normalized spacial score (nSPS) is 36.5. The van der Waals surface area contributed by atoms with Crippen molar-refractivity contribution in [2.75, 3.05) is 13.1 Å². The Morgan fingerprint density at radius 1 is 1.30 bits per heavy atom. The molecule has 1 aromatic rings. The van der Waals surface area contributed by atoms with E-state index < -0.39 is 0 Å². The van der Waals surface area contributed by atoms with Crippen molar-refractivity contribution in [3.63, 3.8) is 0 Å². The van der Waals surface area contributed by atoms with Crippen molar-refractivity contribution in [3.05, 3.63) is 35.1 Å². The highest BCUT2D eigenvalue weighted by Gasteiger charge is 2.57. The number of halogens is 1. The molecule has 0 aromatic heterocycles. The highest BCUT2D eigenvalue weighted by Crippen LogP contribution is 2.62. The smallest absolute Gasteiger partial charge is 0.222 e. The monoisotopic (exact) mass is 412 g/mol. The van der Waals surface area contributed by atoms with E-state index in [4.69, 9.17) is 0 Å².